The fourth-order valence-electron chi connectivity index (χ4n) is 1.05. The summed E-state index contributed by atoms with van der Waals surface area (Å²) in [6, 6.07) is 0. The average molecular weight is 175 g/mol. The molecule has 1 heterocycles. The van der Waals surface area contributed by atoms with Gasteiger partial charge in [0.15, 0.2) is 5.79 Å². The van der Waals surface area contributed by atoms with Gasteiger partial charge in [-0.3, -0.25) is 5.32 Å². The zero-order chi connectivity index (χ0) is 8.86. The van der Waals surface area contributed by atoms with E-state index >= 15 is 0 Å². The molecule has 1 rings (SSSR count). The summed E-state index contributed by atoms with van der Waals surface area (Å²) in [6.45, 7) is 7.22. The van der Waals surface area contributed by atoms with Crippen molar-refractivity contribution in [1.82, 2.24) is 5.32 Å². The molecule has 1 aliphatic rings. The van der Waals surface area contributed by atoms with E-state index in [9.17, 15) is 0 Å². The molecule has 4 nitrogen and oxygen atoms in total. The first-order valence-corrected chi connectivity index (χ1v) is 4.33. The second-order valence-corrected chi connectivity index (χ2v) is 2.93. The summed E-state index contributed by atoms with van der Waals surface area (Å²) < 4.78 is 16.0. The first-order chi connectivity index (χ1) is 5.77. The highest BCUT2D eigenvalue weighted by molar-refractivity contribution is 4.66. The number of hydrogen-bond donors (Lipinski definition) is 1. The van der Waals surface area contributed by atoms with Crippen LogP contribution in [0.2, 0.25) is 0 Å². The zero-order valence-corrected chi connectivity index (χ0v) is 7.76. The minimum atomic E-state index is -0.518. The van der Waals surface area contributed by atoms with E-state index < -0.39 is 5.79 Å². The molecule has 0 amide bonds. The van der Waals surface area contributed by atoms with Crippen LogP contribution in [0.1, 0.15) is 13.8 Å². The van der Waals surface area contributed by atoms with Crippen molar-refractivity contribution in [3.63, 3.8) is 0 Å². The van der Waals surface area contributed by atoms with E-state index in [2.05, 4.69) is 5.32 Å². The van der Waals surface area contributed by atoms with E-state index in [1.165, 1.54) is 0 Å². The van der Waals surface area contributed by atoms with Crippen molar-refractivity contribution in [3.8, 4) is 0 Å². The lowest BCUT2D eigenvalue weighted by atomic mass is 10.3. The summed E-state index contributed by atoms with van der Waals surface area (Å²) >= 11 is 0. The van der Waals surface area contributed by atoms with Gasteiger partial charge in [0.05, 0.1) is 19.9 Å². The third kappa shape index (κ3) is 3.06. The topological polar surface area (TPSA) is 39.7 Å². The summed E-state index contributed by atoms with van der Waals surface area (Å²) in [5.41, 5.74) is 0. The molecule has 0 aliphatic carbocycles. The van der Waals surface area contributed by atoms with Crippen molar-refractivity contribution in [3.05, 3.63) is 0 Å². The Bertz CT molecular complexity index is 123. The Morgan fingerprint density at radius 1 is 1.42 bits per heavy atom. The summed E-state index contributed by atoms with van der Waals surface area (Å²) in [5.74, 6) is -0.518. The van der Waals surface area contributed by atoms with Crippen LogP contribution in [0.3, 0.4) is 0 Å². The minimum absolute atomic E-state index is 0.486. The Labute approximate surface area is 73.2 Å². The lowest BCUT2D eigenvalue weighted by Gasteiger charge is -2.21. The van der Waals surface area contributed by atoms with E-state index in [4.69, 9.17) is 14.2 Å². The van der Waals surface area contributed by atoms with Crippen LogP contribution in [-0.2, 0) is 14.2 Å². The van der Waals surface area contributed by atoms with Gasteiger partial charge in [0, 0.05) is 0 Å². The third-order valence-electron chi connectivity index (χ3n) is 1.72. The van der Waals surface area contributed by atoms with Crippen LogP contribution >= 0.6 is 0 Å². The largest absolute Gasteiger partial charge is 0.361 e. The Balaban J connectivity index is 2.05. The van der Waals surface area contributed by atoms with Gasteiger partial charge >= 0.3 is 0 Å². The lowest BCUT2D eigenvalue weighted by molar-refractivity contribution is -0.181. The van der Waals surface area contributed by atoms with E-state index in [1.807, 2.05) is 13.8 Å². The van der Waals surface area contributed by atoms with Gasteiger partial charge in [-0.25, -0.2) is 0 Å². The van der Waals surface area contributed by atoms with Crippen LogP contribution in [0.5, 0.6) is 0 Å². The molecule has 0 aromatic heterocycles. The van der Waals surface area contributed by atoms with E-state index in [0.717, 1.165) is 6.54 Å². The standard InChI is InChI=1S/C8H17NO3/c1-3-9-7-10-6-8(2)11-4-5-12-8/h9H,3-7H2,1-2H3. The van der Waals surface area contributed by atoms with Gasteiger partial charge in [-0.05, 0) is 13.5 Å². The summed E-state index contributed by atoms with van der Waals surface area (Å²) in [6.07, 6.45) is 0. The molecule has 0 saturated carbocycles. The highest BCUT2D eigenvalue weighted by atomic mass is 16.7. The van der Waals surface area contributed by atoms with E-state index in [-0.39, 0.29) is 0 Å². The van der Waals surface area contributed by atoms with E-state index in [1.54, 1.807) is 0 Å². The van der Waals surface area contributed by atoms with Crippen molar-refractivity contribution in [2.24, 2.45) is 0 Å². The second kappa shape index (κ2) is 4.77. The first-order valence-electron chi connectivity index (χ1n) is 4.33. The quantitative estimate of drug-likeness (QED) is 0.483. The van der Waals surface area contributed by atoms with Gasteiger partial charge in [-0.1, -0.05) is 6.92 Å². The highest BCUT2D eigenvalue weighted by Gasteiger charge is 2.30. The van der Waals surface area contributed by atoms with Crippen molar-refractivity contribution in [2.45, 2.75) is 19.6 Å². The molecule has 0 aromatic rings. The molecular formula is C8H17NO3. The van der Waals surface area contributed by atoms with Crippen LogP contribution in [0, 0.1) is 0 Å². The molecule has 4 heteroatoms. The SMILES string of the molecule is CCNCOCC1(C)OCCO1. The van der Waals surface area contributed by atoms with Crippen molar-refractivity contribution in [2.75, 3.05) is 33.1 Å². The molecule has 0 radical (unpaired) electrons. The van der Waals surface area contributed by atoms with Gasteiger partial charge in [-0.2, -0.15) is 0 Å². The predicted octanol–water partition coefficient (Wildman–Crippen LogP) is 0.333. The van der Waals surface area contributed by atoms with E-state index in [0.29, 0.717) is 26.6 Å². The average Bonchev–Trinajstić information content (AvgIpc) is 2.47. The third-order valence-corrected chi connectivity index (χ3v) is 1.72. The lowest BCUT2D eigenvalue weighted by Crippen LogP contribution is -2.33. The zero-order valence-electron chi connectivity index (χ0n) is 7.76. The maximum atomic E-state index is 5.35. The van der Waals surface area contributed by atoms with Gasteiger partial charge in [0.2, 0.25) is 0 Å². The monoisotopic (exact) mass is 175 g/mol. The van der Waals surface area contributed by atoms with Gasteiger partial charge in [-0.15, -0.1) is 0 Å². The van der Waals surface area contributed by atoms with Crippen LogP contribution in [0.4, 0.5) is 0 Å². The first kappa shape index (κ1) is 9.92. The summed E-state index contributed by atoms with van der Waals surface area (Å²) in [4.78, 5) is 0. The fraction of sp³-hybridized carbons (Fsp3) is 1.00. The molecule has 1 aliphatic heterocycles. The molecule has 0 aromatic carbocycles. The molecule has 0 bridgehead atoms. The van der Waals surface area contributed by atoms with Crippen molar-refractivity contribution in [1.29, 1.82) is 0 Å². The van der Waals surface area contributed by atoms with Crippen LogP contribution in [0.15, 0.2) is 0 Å². The number of rotatable bonds is 5. The molecule has 1 fully saturated rings. The van der Waals surface area contributed by atoms with Crippen molar-refractivity contribution < 1.29 is 14.2 Å². The van der Waals surface area contributed by atoms with Crippen LogP contribution < -0.4 is 5.32 Å². The molecule has 1 saturated heterocycles. The number of nitrogens with one attached hydrogen (secondary N) is 1. The smallest absolute Gasteiger partial charge is 0.189 e. The Hall–Kier alpha value is -0.160. The maximum Gasteiger partial charge on any atom is 0.189 e. The Kier molecular flexibility index (Phi) is 3.94. The molecular weight excluding hydrogens is 158 g/mol. The predicted molar refractivity (Wildman–Crippen MR) is 44.8 cm³/mol. The van der Waals surface area contributed by atoms with Crippen LogP contribution in [-0.4, -0.2) is 38.9 Å². The normalized spacial score (nSPS) is 21.5. The Morgan fingerprint density at radius 2 is 2.08 bits per heavy atom. The van der Waals surface area contributed by atoms with Gasteiger partial charge in [0.25, 0.3) is 0 Å². The van der Waals surface area contributed by atoms with Crippen molar-refractivity contribution >= 4 is 0 Å². The second-order valence-electron chi connectivity index (χ2n) is 2.93. The van der Waals surface area contributed by atoms with Gasteiger partial charge in [0.1, 0.15) is 6.61 Å². The molecule has 1 N–H and O–H groups in total. The molecule has 0 unspecified atom stereocenters. The molecule has 0 atom stereocenters. The molecule has 12 heavy (non-hydrogen) atoms. The number of ether oxygens (including phenoxy) is 3. The summed E-state index contributed by atoms with van der Waals surface area (Å²) in [5, 5.41) is 3.06. The highest BCUT2D eigenvalue weighted by Crippen LogP contribution is 2.17. The molecule has 72 valence electrons. The minimum Gasteiger partial charge on any atom is -0.361 e. The fourth-order valence-corrected chi connectivity index (χ4v) is 1.05. The van der Waals surface area contributed by atoms with Gasteiger partial charge < -0.3 is 14.2 Å². The molecule has 0 spiro atoms. The maximum absolute atomic E-state index is 5.35. The number of hydrogen-bond acceptors (Lipinski definition) is 4. The summed E-state index contributed by atoms with van der Waals surface area (Å²) in [7, 11) is 0. The Morgan fingerprint density at radius 3 is 2.67 bits per heavy atom. The van der Waals surface area contributed by atoms with Crippen LogP contribution in [0.25, 0.3) is 0 Å².